The third-order valence-electron chi connectivity index (χ3n) is 4.21. The molecule has 1 N–H and O–H groups in total. The molecule has 1 atom stereocenters. The van der Waals surface area contributed by atoms with E-state index in [4.69, 9.17) is 4.74 Å². The largest absolute Gasteiger partial charge is 0.383 e. The highest BCUT2D eigenvalue weighted by molar-refractivity contribution is 9.10. The van der Waals surface area contributed by atoms with E-state index in [0.29, 0.717) is 6.04 Å². The number of methoxy groups -OCH3 is 1. The predicted molar refractivity (Wildman–Crippen MR) is 93.0 cm³/mol. The van der Waals surface area contributed by atoms with Crippen LogP contribution in [0.15, 0.2) is 22.7 Å². The van der Waals surface area contributed by atoms with Gasteiger partial charge < -0.3 is 15.0 Å². The van der Waals surface area contributed by atoms with Crippen LogP contribution in [-0.4, -0.2) is 32.8 Å². The molecule has 0 saturated carbocycles. The molecule has 118 valence electrons. The Bertz CT molecular complexity index is 439. The Morgan fingerprint density at radius 1 is 1.33 bits per heavy atom. The molecule has 1 heterocycles. The Morgan fingerprint density at radius 3 is 3.00 bits per heavy atom. The maximum Gasteiger partial charge on any atom is 0.0587 e. The molecule has 1 saturated heterocycles. The second-order valence-electron chi connectivity index (χ2n) is 5.83. The maximum absolute atomic E-state index is 5.10. The summed E-state index contributed by atoms with van der Waals surface area (Å²) in [6, 6.07) is 7.27. The molecule has 1 aliphatic heterocycles. The first kappa shape index (κ1) is 16.8. The summed E-state index contributed by atoms with van der Waals surface area (Å²) >= 11 is 3.63. The number of halogens is 1. The fourth-order valence-corrected chi connectivity index (χ4v) is 3.33. The van der Waals surface area contributed by atoms with Gasteiger partial charge in [-0.25, -0.2) is 0 Å². The van der Waals surface area contributed by atoms with Crippen LogP contribution in [0.25, 0.3) is 0 Å². The van der Waals surface area contributed by atoms with Crippen LogP contribution in [0, 0.1) is 0 Å². The number of hydrogen-bond acceptors (Lipinski definition) is 3. The summed E-state index contributed by atoms with van der Waals surface area (Å²) in [4.78, 5) is 2.59. The van der Waals surface area contributed by atoms with Crippen molar-refractivity contribution in [3.05, 3.63) is 28.2 Å². The van der Waals surface area contributed by atoms with Gasteiger partial charge in [0.05, 0.1) is 6.61 Å². The van der Waals surface area contributed by atoms with Crippen molar-refractivity contribution in [2.45, 2.75) is 45.2 Å². The van der Waals surface area contributed by atoms with E-state index in [1.807, 2.05) is 0 Å². The first-order valence-electron chi connectivity index (χ1n) is 7.97. The number of benzene rings is 1. The molecule has 0 amide bonds. The molecule has 1 unspecified atom stereocenters. The summed E-state index contributed by atoms with van der Waals surface area (Å²) in [5.74, 6) is 0. The molecule has 2 rings (SSSR count). The fourth-order valence-electron chi connectivity index (χ4n) is 2.98. The number of rotatable bonds is 6. The average Bonchev–Trinajstić information content (AvgIpc) is 2.69. The number of nitrogens with zero attached hydrogens (tertiary/aromatic N) is 1. The maximum atomic E-state index is 5.10. The van der Waals surface area contributed by atoms with Gasteiger partial charge in [0, 0.05) is 42.9 Å². The van der Waals surface area contributed by atoms with Crippen molar-refractivity contribution >= 4 is 21.6 Å². The Balaban J connectivity index is 2.13. The van der Waals surface area contributed by atoms with Crippen molar-refractivity contribution in [3.8, 4) is 0 Å². The van der Waals surface area contributed by atoms with E-state index in [0.717, 1.165) is 24.2 Å². The van der Waals surface area contributed by atoms with Crippen molar-refractivity contribution in [2.75, 3.05) is 31.7 Å². The third kappa shape index (κ3) is 4.97. The molecule has 21 heavy (non-hydrogen) atoms. The van der Waals surface area contributed by atoms with Crippen LogP contribution in [0.2, 0.25) is 0 Å². The molecule has 1 aliphatic rings. The molecule has 0 aromatic heterocycles. The second-order valence-corrected chi connectivity index (χ2v) is 6.75. The Morgan fingerprint density at radius 2 is 2.19 bits per heavy atom. The second kappa shape index (κ2) is 8.76. The van der Waals surface area contributed by atoms with Crippen LogP contribution in [0.4, 0.5) is 5.69 Å². The van der Waals surface area contributed by atoms with Crippen LogP contribution in [0.5, 0.6) is 0 Å². The van der Waals surface area contributed by atoms with Crippen LogP contribution in [-0.2, 0) is 11.3 Å². The van der Waals surface area contributed by atoms with Gasteiger partial charge in [0.25, 0.3) is 0 Å². The van der Waals surface area contributed by atoms with Crippen LogP contribution < -0.4 is 10.2 Å². The van der Waals surface area contributed by atoms with Gasteiger partial charge >= 0.3 is 0 Å². The number of hydrogen-bond donors (Lipinski definition) is 1. The lowest BCUT2D eigenvalue weighted by Crippen LogP contribution is -2.33. The molecule has 0 spiro atoms. The van der Waals surface area contributed by atoms with Gasteiger partial charge in [-0.3, -0.25) is 0 Å². The van der Waals surface area contributed by atoms with Crippen molar-refractivity contribution in [3.63, 3.8) is 0 Å². The Labute approximate surface area is 137 Å². The van der Waals surface area contributed by atoms with Gasteiger partial charge in [0.1, 0.15) is 0 Å². The Hall–Kier alpha value is -0.580. The van der Waals surface area contributed by atoms with E-state index in [9.17, 15) is 0 Å². The van der Waals surface area contributed by atoms with Gasteiger partial charge in [0.2, 0.25) is 0 Å². The molecule has 1 aromatic rings. The average molecular weight is 355 g/mol. The zero-order valence-electron chi connectivity index (χ0n) is 13.2. The highest BCUT2D eigenvalue weighted by Crippen LogP contribution is 2.30. The summed E-state index contributed by atoms with van der Waals surface area (Å²) in [6.07, 6.45) is 5.31. The zero-order chi connectivity index (χ0) is 15.1. The summed E-state index contributed by atoms with van der Waals surface area (Å²) in [5.41, 5.74) is 2.76. The molecule has 1 fully saturated rings. The van der Waals surface area contributed by atoms with Crippen LogP contribution >= 0.6 is 15.9 Å². The van der Waals surface area contributed by atoms with E-state index in [-0.39, 0.29) is 0 Å². The topological polar surface area (TPSA) is 24.5 Å². The molecular formula is C17H27BrN2O. The molecule has 4 heteroatoms. The number of nitrogens with one attached hydrogen (secondary N) is 1. The minimum absolute atomic E-state index is 0.625. The van der Waals surface area contributed by atoms with E-state index < -0.39 is 0 Å². The molecular weight excluding hydrogens is 328 g/mol. The monoisotopic (exact) mass is 354 g/mol. The molecule has 3 nitrogen and oxygen atoms in total. The summed E-state index contributed by atoms with van der Waals surface area (Å²) in [6.45, 7) is 6.07. The van der Waals surface area contributed by atoms with Gasteiger partial charge in [-0.2, -0.15) is 0 Å². The standard InChI is InChI=1S/C17H27BrN2O/c1-14-6-4-3-5-10-20(14)17-12-16(18)8-7-15(17)13-19-9-11-21-2/h7-8,12,14,19H,3-6,9-11,13H2,1-2H3. The summed E-state index contributed by atoms with van der Waals surface area (Å²) in [7, 11) is 1.74. The van der Waals surface area contributed by atoms with Gasteiger partial charge in [0.15, 0.2) is 0 Å². The molecule has 0 radical (unpaired) electrons. The Kier molecular flexibility index (Phi) is 7.00. The highest BCUT2D eigenvalue weighted by Gasteiger charge is 2.19. The summed E-state index contributed by atoms with van der Waals surface area (Å²) < 4.78 is 6.26. The molecule has 0 aliphatic carbocycles. The first-order chi connectivity index (χ1) is 10.2. The lowest BCUT2D eigenvalue weighted by atomic mass is 10.1. The van der Waals surface area contributed by atoms with Crippen molar-refractivity contribution in [1.29, 1.82) is 0 Å². The third-order valence-corrected chi connectivity index (χ3v) is 4.70. The smallest absolute Gasteiger partial charge is 0.0587 e. The molecule has 1 aromatic carbocycles. The van der Waals surface area contributed by atoms with Crippen LogP contribution in [0.3, 0.4) is 0 Å². The fraction of sp³-hybridized carbons (Fsp3) is 0.647. The molecule has 0 bridgehead atoms. The van der Waals surface area contributed by atoms with Crippen molar-refractivity contribution in [1.82, 2.24) is 5.32 Å². The first-order valence-corrected chi connectivity index (χ1v) is 8.76. The van der Waals surface area contributed by atoms with E-state index in [2.05, 4.69) is 51.3 Å². The quantitative estimate of drug-likeness (QED) is 0.782. The van der Waals surface area contributed by atoms with Crippen molar-refractivity contribution < 1.29 is 4.74 Å². The van der Waals surface area contributed by atoms with Crippen molar-refractivity contribution in [2.24, 2.45) is 0 Å². The lowest BCUT2D eigenvalue weighted by molar-refractivity contribution is 0.199. The normalized spacial score (nSPS) is 19.6. The van der Waals surface area contributed by atoms with E-state index in [1.165, 1.54) is 43.5 Å². The zero-order valence-corrected chi connectivity index (χ0v) is 14.8. The van der Waals surface area contributed by atoms with Gasteiger partial charge in [-0.1, -0.05) is 34.8 Å². The minimum Gasteiger partial charge on any atom is -0.383 e. The van der Waals surface area contributed by atoms with Crippen LogP contribution in [0.1, 0.15) is 38.2 Å². The predicted octanol–water partition coefficient (Wildman–Crippen LogP) is 3.95. The summed E-state index contributed by atoms with van der Waals surface area (Å²) in [5, 5.41) is 3.47. The van der Waals surface area contributed by atoms with Gasteiger partial charge in [-0.15, -0.1) is 0 Å². The van der Waals surface area contributed by atoms with Gasteiger partial charge in [-0.05, 0) is 37.5 Å². The SMILES string of the molecule is COCCNCc1ccc(Br)cc1N1CCCCCC1C. The minimum atomic E-state index is 0.625. The number of ether oxygens (including phenoxy) is 1. The van der Waals surface area contributed by atoms with E-state index in [1.54, 1.807) is 7.11 Å². The highest BCUT2D eigenvalue weighted by atomic mass is 79.9. The lowest BCUT2D eigenvalue weighted by Gasteiger charge is -2.31. The number of anilines is 1. The van der Waals surface area contributed by atoms with E-state index >= 15 is 0 Å².